The number of halogens is 1. The van der Waals surface area contributed by atoms with E-state index in [1.807, 2.05) is 25.1 Å². The van der Waals surface area contributed by atoms with E-state index in [9.17, 15) is 13.2 Å². The van der Waals surface area contributed by atoms with Crippen molar-refractivity contribution in [2.45, 2.75) is 11.8 Å². The molecule has 0 heterocycles. The van der Waals surface area contributed by atoms with Gasteiger partial charge in [-0.3, -0.25) is 4.79 Å². The first-order chi connectivity index (χ1) is 11.7. The highest BCUT2D eigenvalue weighted by Crippen LogP contribution is 2.20. The maximum Gasteiger partial charge on any atom is 0.243 e. The van der Waals surface area contributed by atoms with Crippen molar-refractivity contribution >= 4 is 43.2 Å². The van der Waals surface area contributed by atoms with Gasteiger partial charge in [0.25, 0.3) is 0 Å². The van der Waals surface area contributed by atoms with Crippen molar-refractivity contribution in [3.63, 3.8) is 0 Å². The van der Waals surface area contributed by atoms with Crippen LogP contribution in [0.5, 0.6) is 0 Å². The molecule has 0 bridgehead atoms. The van der Waals surface area contributed by atoms with Crippen LogP contribution >= 0.6 is 15.9 Å². The second kappa shape index (κ2) is 7.99. The van der Waals surface area contributed by atoms with Crippen molar-refractivity contribution in [3.05, 3.63) is 52.5 Å². The summed E-state index contributed by atoms with van der Waals surface area (Å²) in [5.74, 6) is -0.262. The number of rotatable bonds is 6. The van der Waals surface area contributed by atoms with Gasteiger partial charge < -0.3 is 10.6 Å². The molecule has 0 aromatic heterocycles. The first kappa shape index (κ1) is 19.4. The molecule has 0 spiro atoms. The molecule has 2 rings (SSSR count). The van der Waals surface area contributed by atoms with E-state index in [0.717, 1.165) is 20.0 Å². The molecule has 0 atom stereocenters. The van der Waals surface area contributed by atoms with E-state index >= 15 is 0 Å². The lowest BCUT2D eigenvalue weighted by molar-refractivity contribution is -0.114. The Morgan fingerprint density at radius 3 is 2.52 bits per heavy atom. The second-order valence-electron chi connectivity index (χ2n) is 5.68. The van der Waals surface area contributed by atoms with Crippen LogP contribution in [-0.4, -0.2) is 39.3 Å². The van der Waals surface area contributed by atoms with Gasteiger partial charge in [-0.25, -0.2) is 12.7 Å². The number of amides is 1. The molecule has 0 saturated heterocycles. The Bertz CT molecular complexity index is 882. The second-order valence-corrected chi connectivity index (χ2v) is 8.74. The van der Waals surface area contributed by atoms with Crippen molar-refractivity contribution in [2.24, 2.45) is 0 Å². The van der Waals surface area contributed by atoms with E-state index in [4.69, 9.17) is 0 Å². The Hall–Kier alpha value is -1.90. The van der Waals surface area contributed by atoms with Gasteiger partial charge in [-0.15, -0.1) is 0 Å². The molecule has 6 nitrogen and oxygen atoms in total. The average molecular weight is 426 g/mol. The standard InChI is InChI=1S/C17H20BrN3O3S/c1-12-9-13(18)7-8-16(12)19-11-17(22)20-14-5-4-6-15(10-14)25(23,24)21(2)3/h4-10,19H,11H2,1-3H3,(H,20,22). The van der Waals surface area contributed by atoms with E-state index < -0.39 is 10.0 Å². The van der Waals surface area contributed by atoms with Gasteiger partial charge in [0.1, 0.15) is 0 Å². The Kier molecular flexibility index (Phi) is 6.21. The fourth-order valence-electron chi connectivity index (χ4n) is 2.15. The number of nitrogens with zero attached hydrogens (tertiary/aromatic N) is 1. The number of hydrogen-bond donors (Lipinski definition) is 2. The first-order valence-corrected chi connectivity index (χ1v) is 9.76. The number of nitrogens with one attached hydrogen (secondary N) is 2. The number of carbonyl (C=O) groups is 1. The molecule has 0 unspecified atom stereocenters. The number of carbonyl (C=O) groups excluding carboxylic acids is 1. The third-order valence-corrected chi connectivity index (χ3v) is 5.83. The van der Waals surface area contributed by atoms with Crippen LogP contribution in [0, 0.1) is 6.92 Å². The summed E-state index contributed by atoms with van der Waals surface area (Å²) in [5.41, 5.74) is 2.31. The summed E-state index contributed by atoms with van der Waals surface area (Å²) in [6, 6.07) is 11.9. The van der Waals surface area contributed by atoms with Gasteiger partial charge in [0.2, 0.25) is 15.9 Å². The highest BCUT2D eigenvalue weighted by Gasteiger charge is 2.17. The highest BCUT2D eigenvalue weighted by atomic mass is 79.9. The summed E-state index contributed by atoms with van der Waals surface area (Å²) in [7, 11) is -0.612. The van der Waals surface area contributed by atoms with Crippen LogP contribution in [0.3, 0.4) is 0 Å². The first-order valence-electron chi connectivity index (χ1n) is 7.52. The largest absolute Gasteiger partial charge is 0.376 e. The van der Waals surface area contributed by atoms with Gasteiger partial charge in [0, 0.05) is 29.9 Å². The molecule has 0 saturated carbocycles. The van der Waals surface area contributed by atoms with Gasteiger partial charge in [0.05, 0.1) is 11.4 Å². The average Bonchev–Trinajstić information content (AvgIpc) is 2.54. The minimum atomic E-state index is -3.54. The monoisotopic (exact) mass is 425 g/mol. The third-order valence-electron chi connectivity index (χ3n) is 3.52. The van der Waals surface area contributed by atoms with Crippen LogP contribution in [0.4, 0.5) is 11.4 Å². The minimum Gasteiger partial charge on any atom is -0.376 e. The molecule has 0 aliphatic rings. The van der Waals surface area contributed by atoms with Gasteiger partial charge >= 0.3 is 0 Å². The molecule has 0 aliphatic heterocycles. The summed E-state index contributed by atoms with van der Waals surface area (Å²) in [6.07, 6.45) is 0. The van der Waals surface area contributed by atoms with Crippen molar-refractivity contribution in [1.82, 2.24) is 4.31 Å². The molecule has 0 radical (unpaired) electrons. The predicted molar refractivity (Wildman–Crippen MR) is 103 cm³/mol. The van der Waals surface area contributed by atoms with Crippen molar-refractivity contribution < 1.29 is 13.2 Å². The van der Waals surface area contributed by atoms with Crippen LogP contribution in [0.1, 0.15) is 5.56 Å². The van der Waals surface area contributed by atoms with Gasteiger partial charge in [-0.1, -0.05) is 22.0 Å². The molecule has 25 heavy (non-hydrogen) atoms. The zero-order valence-corrected chi connectivity index (χ0v) is 16.6. The van der Waals surface area contributed by atoms with E-state index in [2.05, 4.69) is 26.6 Å². The highest BCUT2D eigenvalue weighted by molar-refractivity contribution is 9.10. The molecule has 2 aromatic carbocycles. The van der Waals surface area contributed by atoms with Crippen LogP contribution in [0.25, 0.3) is 0 Å². The van der Waals surface area contributed by atoms with Gasteiger partial charge in [0.15, 0.2) is 0 Å². The maximum atomic E-state index is 12.1. The lowest BCUT2D eigenvalue weighted by Crippen LogP contribution is -2.24. The Morgan fingerprint density at radius 1 is 1.16 bits per heavy atom. The lowest BCUT2D eigenvalue weighted by atomic mass is 10.2. The van der Waals surface area contributed by atoms with E-state index in [-0.39, 0.29) is 17.3 Å². The number of sulfonamides is 1. The zero-order valence-electron chi connectivity index (χ0n) is 14.2. The fourth-order valence-corrected chi connectivity index (χ4v) is 3.57. The lowest BCUT2D eigenvalue weighted by Gasteiger charge is -2.13. The number of aryl methyl sites for hydroxylation is 1. The number of anilines is 2. The molecule has 1 amide bonds. The molecule has 0 fully saturated rings. The topological polar surface area (TPSA) is 78.5 Å². The SMILES string of the molecule is Cc1cc(Br)ccc1NCC(=O)Nc1cccc(S(=O)(=O)N(C)C)c1. The maximum absolute atomic E-state index is 12.1. The Morgan fingerprint density at radius 2 is 1.88 bits per heavy atom. The van der Waals surface area contributed by atoms with Crippen LogP contribution in [0.2, 0.25) is 0 Å². The van der Waals surface area contributed by atoms with Crippen LogP contribution in [0.15, 0.2) is 51.8 Å². The predicted octanol–water partition coefficient (Wildman–Crippen LogP) is 3.06. The summed E-state index contributed by atoms with van der Waals surface area (Å²) in [5, 5.41) is 5.76. The molecule has 134 valence electrons. The molecule has 8 heteroatoms. The minimum absolute atomic E-state index is 0.0765. The summed E-state index contributed by atoms with van der Waals surface area (Å²) < 4.78 is 26.4. The number of benzene rings is 2. The normalized spacial score (nSPS) is 11.4. The Balaban J connectivity index is 2.03. The Labute approximate surface area is 156 Å². The zero-order chi connectivity index (χ0) is 18.6. The molecular weight excluding hydrogens is 406 g/mol. The van der Waals surface area contributed by atoms with Gasteiger partial charge in [-0.05, 0) is 48.9 Å². The summed E-state index contributed by atoms with van der Waals surface area (Å²) >= 11 is 3.39. The molecule has 2 N–H and O–H groups in total. The number of hydrogen-bond acceptors (Lipinski definition) is 4. The molecular formula is C17H20BrN3O3S. The summed E-state index contributed by atoms with van der Waals surface area (Å²) in [4.78, 5) is 12.2. The van der Waals surface area contributed by atoms with E-state index in [0.29, 0.717) is 5.69 Å². The third kappa shape index (κ3) is 5.04. The van der Waals surface area contributed by atoms with E-state index in [1.54, 1.807) is 12.1 Å². The summed E-state index contributed by atoms with van der Waals surface area (Å²) in [6.45, 7) is 2.02. The van der Waals surface area contributed by atoms with Crippen molar-refractivity contribution in [1.29, 1.82) is 0 Å². The molecule has 0 aliphatic carbocycles. The fraction of sp³-hybridized carbons (Fsp3) is 0.235. The van der Waals surface area contributed by atoms with Crippen LogP contribution < -0.4 is 10.6 Å². The quantitative estimate of drug-likeness (QED) is 0.745. The van der Waals surface area contributed by atoms with E-state index in [1.165, 1.54) is 26.2 Å². The van der Waals surface area contributed by atoms with Crippen LogP contribution in [-0.2, 0) is 14.8 Å². The van der Waals surface area contributed by atoms with Gasteiger partial charge in [-0.2, -0.15) is 0 Å². The van der Waals surface area contributed by atoms with Crippen molar-refractivity contribution in [3.8, 4) is 0 Å². The van der Waals surface area contributed by atoms with Crippen molar-refractivity contribution in [2.75, 3.05) is 31.3 Å². The molecule has 2 aromatic rings. The smallest absolute Gasteiger partial charge is 0.243 e.